The highest BCUT2D eigenvalue weighted by Crippen LogP contribution is 2.27. The molecule has 2 unspecified atom stereocenters. The number of carbonyl (C=O) groups is 1. The number of piperidine rings is 1. The molecule has 1 aromatic rings. The maximum atomic E-state index is 11.8. The number of benzene rings is 1. The smallest absolute Gasteiger partial charge is 0.323 e. The maximum Gasteiger partial charge on any atom is 0.323 e. The van der Waals surface area contributed by atoms with Crippen LogP contribution in [-0.2, 0) is 16.0 Å². The highest BCUT2D eigenvalue weighted by molar-refractivity contribution is 5.78. The van der Waals surface area contributed by atoms with Crippen LogP contribution in [0, 0.1) is 5.92 Å². The predicted molar refractivity (Wildman–Crippen MR) is 78.4 cm³/mol. The second-order valence-corrected chi connectivity index (χ2v) is 6.17. The molecule has 3 heteroatoms. The Labute approximate surface area is 120 Å². The molecule has 0 saturated carbocycles. The number of hydrogen-bond donors (Lipinski definition) is 0. The standard InChI is InChI=1S/C17H23NO2/c1-13-11-16(17(19)20-13)18-9-7-15(8-10-18)12-14-5-3-2-4-6-14/h2-6,13,15-16H,7-12H2,1H3. The molecule has 2 aliphatic heterocycles. The number of carbonyl (C=O) groups excluding carboxylic acids is 1. The fraction of sp³-hybridized carbons (Fsp3) is 0.588. The van der Waals surface area contributed by atoms with E-state index in [4.69, 9.17) is 4.74 Å². The molecular weight excluding hydrogens is 250 g/mol. The van der Waals surface area contributed by atoms with E-state index in [9.17, 15) is 4.79 Å². The van der Waals surface area contributed by atoms with Crippen LogP contribution in [0.3, 0.4) is 0 Å². The molecule has 0 spiro atoms. The third kappa shape index (κ3) is 3.04. The largest absolute Gasteiger partial charge is 0.461 e. The number of hydrogen-bond acceptors (Lipinski definition) is 3. The molecule has 0 bridgehead atoms. The molecule has 3 nitrogen and oxygen atoms in total. The van der Waals surface area contributed by atoms with Crippen molar-refractivity contribution >= 4 is 5.97 Å². The molecule has 2 saturated heterocycles. The van der Waals surface area contributed by atoms with Gasteiger partial charge in [-0.3, -0.25) is 9.69 Å². The summed E-state index contributed by atoms with van der Waals surface area (Å²) in [7, 11) is 0. The maximum absolute atomic E-state index is 11.8. The van der Waals surface area contributed by atoms with Crippen molar-refractivity contribution in [1.82, 2.24) is 4.90 Å². The summed E-state index contributed by atoms with van der Waals surface area (Å²) in [6.45, 7) is 4.05. The monoisotopic (exact) mass is 273 g/mol. The lowest BCUT2D eigenvalue weighted by atomic mass is 9.89. The van der Waals surface area contributed by atoms with Gasteiger partial charge in [0.1, 0.15) is 12.1 Å². The Morgan fingerprint density at radius 3 is 2.50 bits per heavy atom. The normalized spacial score (nSPS) is 28.6. The molecule has 0 aromatic heterocycles. The van der Waals surface area contributed by atoms with Gasteiger partial charge in [0.15, 0.2) is 0 Å². The van der Waals surface area contributed by atoms with Crippen molar-refractivity contribution < 1.29 is 9.53 Å². The first-order valence-corrected chi connectivity index (χ1v) is 7.71. The molecule has 2 aliphatic rings. The molecule has 1 aromatic carbocycles. The average Bonchev–Trinajstić information content (AvgIpc) is 2.80. The highest BCUT2D eigenvalue weighted by atomic mass is 16.6. The van der Waals surface area contributed by atoms with Gasteiger partial charge in [0.25, 0.3) is 0 Å². The van der Waals surface area contributed by atoms with E-state index in [1.807, 2.05) is 6.92 Å². The molecule has 2 heterocycles. The van der Waals surface area contributed by atoms with Crippen LogP contribution in [0.2, 0.25) is 0 Å². The van der Waals surface area contributed by atoms with E-state index in [-0.39, 0.29) is 18.1 Å². The van der Waals surface area contributed by atoms with Gasteiger partial charge in [-0.2, -0.15) is 0 Å². The summed E-state index contributed by atoms with van der Waals surface area (Å²) in [5.74, 6) is 0.738. The summed E-state index contributed by atoms with van der Waals surface area (Å²) in [6.07, 6.45) is 4.50. The molecule has 0 amide bonds. The molecule has 108 valence electrons. The number of esters is 1. The highest BCUT2D eigenvalue weighted by Gasteiger charge is 2.37. The van der Waals surface area contributed by atoms with Gasteiger partial charge in [0.2, 0.25) is 0 Å². The first kappa shape index (κ1) is 13.6. The summed E-state index contributed by atoms with van der Waals surface area (Å²) in [6, 6.07) is 10.7. The first-order valence-electron chi connectivity index (χ1n) is 7.71. The van der Waals surface area contributed by atoms with Crippen molar-refractivity contribution in [3.8, 4) is 0 Å². The van der Waals surface area contributed by atoms with E-state index in [1.165, 1.54) is 24.8 Å². The topological polar surface area (TPSA) is 29.5 Å². The van der Waals surface area contributed by atoms with Gasteiger partial charge in [-0.25, -0.2) is 0 Å². The molecule has 0 N–H and O–H groups in total. The Hall–Kier alpha value is -1.35. The number of ether oxygens (including phenoxy) is 1. The van der Waals surface area contributed by atoms with Gasteiger partial charge >= 0.3 is 5.97 Å². The molecule has 20 heavy (non-hydrogen) atoms. The molecule has 3 rings (SSSR count). The van der Waals surface area contributed by atoms with Gasteiger partial charge in [-0.15, -0.1) is 0 Å². The van der Waals surface area contributed by atoms with Crippen LogP contribution in [0.4, 0.5) is 0 Å². The summed E-state index contributed by atoms with van der Waals surface area (Å²) in [4.78, 5) is 14.1. The van der Waals surface area contributed by atoms with Gasteiger partial charge < -0.3 is 4.74 Å². The second kappa shape index (κ2) is 5.96. The van der Waals surface area contributed by atoms with Gasteiger partial charge in [-0.1, -0.05) is 30.3 Å². The predicted octanol–water partition coefficient (Wildman–Crippen LogP) is 2.65. The number of likely N-dealkylation sites (tertiary alicyclic amines) is 1. The van der Waals surface area contributed by atoms with Crippen LogP contribution in [0.5, 0.6) is 0 Å². The zero-order valence-electron chi connectivity index (χ0n) is 12.1. The average molecular weight is 273 g/mol. The Kier molecular flexibility index (Phi) is 4.06. The zero-order valence-corrected chi connectivity index (χ0v) is 12.1. The summed E-state index contributed by atoms with van der Waals surface area (Å²) in [5.41, 5.74) is 1.43. The Balaban J connectivity index is 1.51. The summed E-state index contributed by atoms with van der Waals surface area (Å²) in [5, 5.41) is 0. The van der Waals surface area contributed by atoms with Crippen LogP contribution in [0.25, 0.3) is 0 Å². The minimum atomic E-state index is -0.0148. The molecular formula is C17H23NO2. The Morgan fingerprint density at radius 1 is 1.20 bits per heavy atom. The summed E-state index contributed by atoms with van der Waals surface area (Å²) >= 11 is 0. The number of cyclic esters (lactones) is 1. The van der Waals surface area contributed by atoms with Crippen molar-refractivity contribution in [1.29, 1.82) is 0 Å². The lowest BCUT2D eigenvalue weighted by molar-refractivity contribution is -0.145. The van der Waals surface area contributed by atoms with Crippen molar-refractivity contribution in [2.24, 2.45) is 5.92 Å². The van der Waals surface area contributed by atoms with Crippen LogP contribution >= 0.6 is 0 Å². The zero-order chi connectivity index (χ0) is 13.9. The van der Waals surface area contributed by atoms with Crippen molar-refractivity contribution in [3.63, 3.8) is 0 Å². The van der Waals surface area contributed by atoms with Crippen molar-refractivity contribution in [2.75, 3.05) is 13.1 Å². The Morgan fingerprint density at radius 2 is 1.90 bits per heavy atom. The van der Waals surface area contributed by atoms with E-state index in [0.717, 1.165) is 25.4 Å². The minimum Gasteiger partial charge on any atom is -0.461 e. The van der Waals surface area contributed by atoms with Crippen molar-refractivity contribution in [3.05, 3.63) is 35.9 Å². The van der Waals surface area contributed by atoms with E-state index in [2.05, 4.69) is 35.2 Å². The lowest BCUT2D eigenvalue weighted by Gasteiger charge is -2.34. The van der Waals surface area contributed by atoms with Crippen LogP contribution < -0.4 is 0 Å². The molecule has 0 radical (unpaired) electrons. The molecule has 0 aliphatic carbocycles. The second-order valence-electron chi connectivity index (χ2n) is 6.17. The van der Waals surface area contributed by atoms with E-state index >= 15 is 0 Å². The quantitative estimate of drug-likeness (QED) is 0.793. The van der Waals surface area contributed by atoms with Crippen molar-refractivity contribution in [2.45, 2.75) is 44.8 Å². The third-order valence-corrected chi connectivity index (χ3v) is 4.60. The fourth-order valence-electron chi connectivity index (χ4n) is 3.45. The van der Waals surface area contributed by atoms with Crippen LogP contribution in [0.15, 0.2) is 30.3 Å². The van der Waals surface area contributed by atoms with Gasteiger partial charge in [0, 0.05) is 6.42 Å². The van der Waals surface area contributed by atoms with Gasteiger partial charge in [0.05, 0.1) is 0 Å². The molecule has 2 atom stereocenters. The summed E-state index contributed by atoms with van der Waals surface area (Å²) < 4.78 is 5.27. The van der Waals surface area contributed by atoms with E-state index in [0.29, 0.717) is 0 Å². The lowest BCUT2D eigenvalue weighted by Crippen LogP contribution is -2.44. The van der Waals surface area contributed by atoms with E-state index < -0.39 is 0 Å². The minimum absolute atomic E-state index is 0.0148. The van der Waals surface area contributed by atoms with Crippen LogP contribution in [-0.4, -0.2) is 36.1 Å². The SMILES string of the molecule is CC1CC(N2CCC(Cc3ccccc3)CC2)C(=O)O1. The van der Waals surface area contributed by atoms with E-state index in [1.54, 1.807) is 0 Å². The Bertz CT molecular complexity index is 451. The third-order valence-electron chi connectivity index (χ3n) is 4.60. The number of nitrogens with zero attached hydrogens (tertiary/aromatic N) is 1. The fourth-order valence-corrected chi connectivity index (χ4v) is 3.45. The number of rotatable bonds is 3. The molecule has 2 fully saturated rings. The first-order chi connectivity index (χ1) is 9.72. The van der Waals surface area contributed by atoms with Crippen LogP contribution in [0.1, 0.15) is 31.7 Å². The van der Waals surface area contributed by atoms with Gasteiger partial charge in [-0.05, 0) is 50.8 Å².